The standard InChI is InChI=1S/C21H27NO3/c1-4-5-13-25-15-19-14-18(11-12-20(19)24-3)21(23)22-16(2)17-9-7-6-8-10-17/h6-12,14,16H,4-5,13,15H2,1-3H3,(H,22,23)/t16-/m0/s1. The van der Waals surface area contributed by atoms with Crippen LogP contribution in [-0.4, -0.2) is 19.6 Å². The number of unbranched alkanes of at least 4 members (excludes halogenated alkanes) is 1. The number of nitrogens with one attached hydrogen (secondary N) is 1. The van der Waals surface area contributed by atoms with Gasteiger partial charge in [-0.2, -0.15) is 0 Å². The van der Waals surface area contributed by atoms with Crippen molar-refractivity contribution in [2.24, 2.45) is 0 Å². The van der Waals surface area contributed by atoms with Crippen LogP contribution in [0.5, 0.6) is 5.75 Å². The van der Waals surface area contributed by atoms with Gasteiger partial charge in [0, 0.05) is 17.7 Å². The minimum Gasteiger partial charge on any atom is -0.496 e. The number of hydrogen-bond donors (Lipinski definition) is 1. The molecule has 2 aromatic carbocycles. The lowest BCUT2D eigenvalue weighted by atomic mass is 10.1. The Kier molecular flexibility index (Phi) is 7.48. The number of methoxy groups -OCH3 is 1. The van der Waals surface area contributed by atoms with Gasteiger partial charge in [-0.05, 0) is 37.1 Å². The van der Waals surface area contributed by atoms with Crippen molar-refractivity contribution in [3.8, 4) is 5.75 Å². The summed E-state index contributed by atoms with van der Waals surface area (Å²) in [5.74, 6) is 0.637. The summed E-state index contributed by atoms with van der Waals surface area (Å²) in [4.78, 5) is 12.6. The number of amides is 1. The first-order chi connectivity index (χ1) is 12.2. The van der Waals surface area contributed by atoms with Crippen molar-refractivity contribution in [2.45, 2.75) is 39.3 Å². The fraction of sp³-hybridized carbons (Fsp3) is 0.381. The van der Waals surface area contributed by atoms with Crippen molar-refractivity contribution in [2.75, 3.05) is 13.7 Å². The molecule has 0 aliphatic heterocycles. The summed E-state index contributed by atoms with van der Waals surface area (Å²) in [6.45, 7) is 5.26. The molecule has 134 valence electrons. The molecule has 0 saturated carbocycles. The van der Waals surface area contributed by atoms with Crippen molar-refractivity contribution in [3.05, 3.63) is 65.2 Å². The number of carbonyl (C=O) groups excluding carboxylic acids is 1. The van der Waals surface area contributed by atoms with E-state index in [0.717, 1.165) is 29.7 Å². The second kappa shape index (κ2) is 9.84. The van der Waals surface area contributed by atoms with E-state index in [1.54, 1.807) is 13.2 Å². The number of ether oxygens (including phenoxy) is 2. The van der Waals surface area contributed by atoms with Crippen LogP contribution in [0.2, 0.25) is 0 Å². The Labute approximate surface area is 150 Å². The second-order valence-corrected chi connectivity index (χ2v) is 6.04. The summed E-state index contributed by atoms with van der Waals surface area (Å²) in [7, 11) is 1.63. The van der Waals surface area contributed by atoms with E-state index in [1.165, 1.54) is 0 Å². The monoisotopic (exact) mass is 341 g/mol. The molecule has 25 heavy (non-hydrogen) atoms. The first kappa shape index (κ1) is 19.0. The summed E-state index contributed by atoms with van der Waals surface area (Å²) in [6.07, 6.45) is 2.12. The molecule has 0 unspecified atom stereocenters. The van der Waals surface area contributed by atoms with E-state index in [1.807, 2.05) is 49.4 Å². The molecule has 0 fully saturated rings. The molecule has 0 heterocycles. The van der Waals surface area contributed by atoms with Crippen molar-refractivity contribution >= 4 is 5.91 Å². The Morgan fingerprint density at radius 3 is 2.60 bits per heavy atom. The van der Waals surface area contributed by atoms with Crippen LogP contribution >= 0.6 is 0 Å². The number of rotatable bonds is 9. The van der Waals surface area contributed by atoms with Gasteiger partial charge in [0.2, 0.25) is 0 Å². The van der Waals surface area contributed by atoms with Gasteiger partial charge in [-0.1, -0.05) is 43.7 Å². The molecule has 2 rings (SSSR count). The molecule has 0 spiro atoms. The van der Waals surface area contributed by atoms with E-state index in [4.69, 9.17) is 9.47 Å². The van der Waals surface area contributed by atoms with E-state index >= 15 is 0 Å². The molecule has 0 saturated heterocycles. The van der Waals surface area contributed by atoms with E-state index in [9.17, 15) is 4.79 Å². The Bertz CT molecular complexity index is 670. The zero-order chi connectivity index (χ0) is 18.1. The van der Waals surface area contributed by atoms with Crippen molar-refractivity contribution in [1.82, 2.24) is 5.32 Å². The minimum absolute atomic E-state index is 0.0555. The molecule has 1 atom stereocenters. The fourth-order valence-corrected chi connectivity index (χ4v) is 2.57. The van der Waals surface area contributed by atoms with E-state index in [-0.39, 0.29) is 11.9 Å². The third-order valence-corrected chi connectivity index (χ3v) is 4.09. The van der Waals surface area contributed by atoms with Crippen LogP contribution in [0.25, 0.3) is 0 Å². The predicted molar refractivity (Wildman–Crippen MR) is 99.9 cm³/mol. The normalized spacial score (nSPS) is 11.8. The molecule has 0 radical (unpaired) electrons. The molecular formula is C21H27NO3. The van der Waals surface area contributed by atoms with Gasteiger partial charge in [-0.15, -0.1) is 0 Å². The Morgan fingerprint density at radius 2 is 1.92 bits per heavy atom. The summed E-state index contributed by atoms with van der Waals surface area (Å²) in [5, 5.41) is 3.03. The highest BCUT2D eigenvalue weighted by Crippen LogP contribution is 2.22. The van der Waals surface area contributed by atoms with Gasteiger partial charge in [0.15, 0.2) is 0 Å². The van der Waals surface area contributed by atoms with Crippen LogP contribution in [0, 0.1) is 0 Å². The van der Waals surface area contributed by atoms with Gasteiger partial charge in [0.25, 0.3) is 5.91 Å². The van der Waals surface area contributed by atoms with Crippen LogP contribution in [0.15, 0.2) is 48.5 Å². The minimum atomic E-state index is -0.103. The molecule has 0 aromatic heterocycles. The maximum Gasteiger partial charge on any atom is 0.251 e. The first-order valence-electron chi connectivity index (χ1n) is 8.76. The summed E-state index contributed by atoms with van der Waals surface area (Å²) in [6, 6.07) is 15.3. The van der Waals surface area contributed by atoms with E-state index in [2.05, 4.69) is 12.2 Å². The molecule has 1 N–H and O–H groups in total. The number of carbonyl (C=O) groups is 1. The quantitative estimate of drug-likeness (QED) is 0.683. The van der Waals surface area contributed by atoms with Gasteiger partial charge in [0.05, 0.1) is 19.8 Å². The Balaban J connectivity index is 2.06. The van der Waals surface area contributed by atoms with E-state index in [0.29, 0.717) is 18.8 Å². The molecule has 0 aliphatic rings. The molecule has 0 aliphatic carbocycles. The molecule has 0 bridgehead atoms. The Morgan fingerprint density at radius 1 is 1.16 bits per heavy atom. The number of hydrogen-bond acceptors (Lipinski definition) is 3. The molecule has 1 amide bonds. The molecule has 4 nitrogen and oxygen atoms in total. The van der Waals surface area contributed by atoms with Crippen LogP contribution in [0.1, 0.15) is 54.2 Å². The molecule has 2 aromatic rings. The maximum absolute atomic E-state index is 12.6. The van der Waals surface area contributed by atoms with Gasteiger partial charge in [-0.3, -0.25) is 4.79 Å². The number of benzene rings is 2. The van der Waals surface area contributed by atoms with Crippen LogP contribution in [-0.2, 0) is 11.3 Å². The average Bonchev–Trinajstić information content (AvgIpc) is 2.65. The van der Waals surface area contributed by atoms with Gasteiger partial charge < -0.3 is 14.8 Å². The summed E-state index contributed by atoms with van der Waals surface area (Å²) < 4.78 is 11.1. The predicted octanol–water partition coefficient (Wildman–Crippen LogP) is 4.50. The highest BCUT2D eigenvalue weighted by atomic mass is 16.5. The van der Waals surface area contributed by atoms with Gasteiger partial charge >= 0.3 is 0 Å². The Hall–Kier alpha value is -2.33. The van der Waals surface area contributed by atoms with Crippen molar-refractivity contribution in [1.29, 1.82) is 0 Å². The van der Waals surface area contributed by atoms with Crippen LogP contribution in [0.3, 0.4) is 0 Å². The smallest absolute Gasteiger partial charge is 0.251 e. The highest BCUT2D eigenvalue weighted by molar-refractivity contribution is 5.94. The molecular weight excluding hydrogens is 314 g/mol. The maximum atomic E-state index is 12.6. The summed E-state index contributed by atoms with van der Waals surface area (Å²) >= 11 is 0. The highest BCUT2D eigenvalue weighted by Gasteiger charge is 2.13. The fourth-order valence-electron chi connectivity index (χ4n) is 2.57. The van der Waals surface area contributed by atoms with Crippen molar-refractivity contribution < 1.29 is 14.3 Å². The average molecular weight is 341 g/mol. The van der Waals surface area contributed by atoms with Crippen LogP contribution in [0.4, 0.5) is 0 Å². The second-order valence-electron chi connectivity index (χ2n) is 6.04. The zero-order valence-corrected chi connectivity index (χ0v) is 15.2. The third kappa shape index (κ3) is 5.61. The topological polar surface area (TPSA) is 47.6 Å². The van der Waals surface area contributed by atoms with Gasteiger partial charge in [-0.25, -0.2) is 0 Å². The lowest BCUT2D eigenvalue weighted by Gasteiger charge is -2.16. The molecule has 4 heteroatoms. The van der Waals surface area contributed by atoms with Crippen LogP contribution < -0.4 is 10.1 Å². The SMILES string of the molecule is CCCCOCc1cc(C(=O)N[C@@H](C)c2ccccc2)ccc1OC. The van der Waals surface area contributed by atoms with Crippen molar-refractivity contribution in [3.63, 3.8) is 0 Å². The van der Waals surface area contributed by atoms with E-state index < -0.39 is 0 Å². The summed E-state index contributed by atoms with van der Waals surface area (Å²) in [5.41, 5.74) is 2.57. The lowest BCUT2D eigenvalue weighted by Crippen LogP contribution is -2.26. The van der Waals surface area contributed by atoms with Gasteiger partial charge in [0.1, 0.15) is 5.75 Å². The lowest BCUT2D eigenvalue weighted by molar-refractivity contribution is 0.0938. The largest absolute Gasteiger partial charge is 0.496 e. The first-order valence-corrected chi connectivity index (χ1v) is 8.76. The zero-order valence-electron chi connectivity index (χ0n) is 15.2. The third-order valence-electron chi connectivity index (χ3n) is 4.09.